The summed E-state index contributed by atoms with van der Waals surface area (Å²) in [5.74, 6) is 0.646. The lowest BCUT2D eigenvalue weighted by molar-refractivity contribution is -0.0268. The SMILES string of the molecule is COc1ccc(C(=O)N2CCOC(c3nn[nH]n3)C2)cc1Oc1cc(F)cc(CN)c1. The number of nitrogens with two attached hydrogens (primary N) is 1. The van der Waals surface area contributed by atoms with Crippen LogP contribution in [-0.2, 0) is 11.3 Å². The van der Waals surface area contributed by atoms with Gasteiger partial charge in [0.15, 0.2) is 11.5 Å². The number of amides is 1. The number of hydrogen-bond donors (Lipinski definition) is 2. The molecule has 1 aromatic heterocycles. The molecule has 1 atom stereocenters. The third kappa shape index (κ3) is 4.62. The Labute approximate surface area is 177 Å². The van der Waals surface area contributed by atoms with Gasteiger partial charge in [0.1, 0.15) is 17.7 Å². The minimum Gasteiger partial charge on any atom is -0.493 e. The largest absolute Gasteiger partial charge is 0.493 e. The van der Waals surface area contributed by atoms with Gasteiger partial charge in [0.05, 0.1) is 20.3 Å². The molecule has 0 bridgehead atoms. The first-order chi connectivity index (χ1) is 15.1. The van der Waals surface area contributed by atoms with E-state index in [4.69, 9.17) is 19.9 Å². The second kappa shape index (κ2) is 9.06. The maximum Gasteiger partial charge on any atom is 0.254 e. The van der Waals surface area contributed by atoms with E-state index in [0.717, 1.165) is 0 Å². The molecule has 1 amide bonds. The number of aromatic amines is 1. The summed E-state index contributed by atoms with van der Waals surface area (Å²) >= 11 is 0. The Morgan fingerprint density at radius 3 is 2.94 bits per heavy atom. The third-order valence-corrected chi connectivity index (χ3v) is 4.81. The van der Waals surface area contributed by atoms with Crippen LogP contribution in [0.4, 0.5) is 4.39 Å². The van der Waals surface area contributed by atoms with Gasteiger partial charge in [-0.25, -0.2) is 4.39 Å². The molecule has 0 spiro atoms. The van der Waals surface area contributed by atoms with Crippen molar-refractivity contribution in [2.75, 3.05) is 26.8 Å². The zero-order valence-electron chi connectivity index (χ0n) is 16.7. The van der Waals surface area contributed by atoms with E-state index in [0.29, 0.717) is 35.9 Å². The van der Waals surface area contributed by atoms with Crippen molar-refractivity contribution in [2.45, 2.75) is 12.6 Å². The first kappa shape index (κ1) is 20.7. The fourth-order valence-electron chi connectivity index (χ4n) is 3.29. The summed E-state index contributed by atoms with van der Waals surface area (Å²) in [6.45, 7) is 1.21. The quantitative estimate of drug-likeness (QED) is 0.608. The summed E-state index contributed by atoms with van der Waals surface area (Å²) in [7, 11) is 1.48. The normalized spacial score (nSPS) is 16.2. The Morgan fingerprint density at radius 1 is 1.32 bits per heavy atom. The number of morpholine rings is 1. The molecule has 1 aliphatic rings. The number of nitrogens with one attached hydrogen (secondary N) is 1. The van der Waals surface area contributed by atoms with E-state index in [1.807, 2.05) is 0 Å². The van der Waals surface area contributed by atoms with Gasteiger partial charge in [0, 0.05) is 24.7 Å². The number of carbonyl (C=O) groups excluding carboxylic acids is 1. The summed E-state index contributed by atoms with van der Waals surface area (Å²) in [5, 5.41) is 13.8. The van der Waals surface area contributed by atoms with E-state index < -0.39 is 11.9 Å². The number of carbonyl (C=O) groups is 1. The second-order valence-electron chi connectivity index (χ2n) is 6.85. The summed E-state index contributed by atoms with van der Waals surface area (Å²) in [6, 6.07) is 9.04. The van der Waals surface area contributed by atoms with E-state index in [9.17, 15) is 9.18 Å². The van der Waals surface area contributed by atoms with Crippen LogP contribution in [0.3, 0.4) is 0 Å². The van der Waals surface area contributed by atoms with Crippen LogP contribution in [0, 0.1) is 5.82 Å². The van der Waals surface area contributed by atoms with Gasteiger partial charge < -0.3 is 24.8 Å². The molecule has 4 rings (SSSR count). The maximum atomic E-state index is 13.8. The highest BCUT2D eigenvalue weighted by atomic mass is 19.1. The molecule has 2 heterocycles. The van der Waals surface area contributed by atoms with E-state index in [-0.39, 0.29) is 30.5 Å². The van der Waals surface area contributed by atoms with E-state index in [1.165, 1.54) is 19.2 Å². The van der Waals surface area contributed by atoms with Crippen LogP contribution in [0.5, 0.6) is 17.2 Å². The van der Waals surface area contributed by atoms with Crippen molar-refractivity contribution >= 4 is 5.91 Å². The fourth-order valence-corrected chi connectivity index (χ4v) is 3.29. The van der Waals surface area contributed by atoms with Gasteiger partial charge >= 0.3 is 0 Å². The number of tetrazole rings is 1. The van der Waals surface area contributed by atoms with Gasteiger partial charge in [-0.1, -0.05) is 5.21 Å². The number of nitrogens with zero attached hydrogens (tertiary/aromatic N) is 4. The Morgan fingerprint density at radius 2 is 2.19 bits per heavy atom. The number of hydrogen-bond acceptors (Lipinski definition) is 8. The molecule has 1 fully saturated rings. The molecular weight excluding hydrogens is 407 g/mol. The van der Waals surface area contributed by atoms with Crippen molar-refractivity contribution < 1.29 is 23.4 Å². The molecule has 10 nitrogen and oxygen atoms in total. The van der Waals surface area contributed by atoms with Crippen molar-refractivity contribution in [1.29, 1.82) is 0 Å². The molecular formula is C20H21FN6O4. The predicted molar refractivity (Wildman–Crippen MR) is 106 cm³/mol. The minimum absolute atomic E-state index is 0.169. The first-order valence-corrected chi connectivity index (χ1v) is 9.57. The summed E-state index contributed by atoms with van der Waals surface area (Å²) < 4.78 is 30.7. The smallest absolute Gasteiger partial charge is 0.254 e. The van der Waals surface area contributed by atoms with E-state index in [1.54, 1.807) is 29.2 Å². The number of H-pyrrole nitrogens is 1. The Bertz CT molecular complexity index is 1060. The van der Waals surface area contributed by atoms with Crippen molar-refractivity contribution in [2.24, 2.45) is 5.73 Å². The highest BCUT2D eigenvalue weighted by molar-refractivity contribution is 5.95. The van der Waals surface area contributed by atoms with Gasteiger partial charge in [0.2, 0.25) is 5.82 Å². The highest BCUT2D eigenvalue weighted by Gasteiger charge is 2.29. The molecule has 11 heteroatoms. The minimum atomic E-state index is -0.468. The number of rotatable bonds is 6. The fraction of sp³-hybridized carbons (Fsp3) is 0.300. The number of halogens is 1. The van der Waals surface area contributed by atoms with Gasteiger partial charge in [-0.2, -0.15) is 5.21 Å². The topological polar surface area (TPSA) is 128 Å². The van der Waals surface area contributed by atoms with Crippen LogP contribution < -0.4 is 15.2 Å². The summed E-state index contributed by atoms with van der Waals surface area (Å²) in [6.07, 6.45) is -0.465. The van der Waals surface area contributed by atoms with E-state index in [2.05, 4.69) is 20.6 Å². The molecule has 0 aliphatic carbocycles. The zero-order chi connectivity index (χ0) is 21.8. The number of methoxy groups -OCH3 is 1. The molecule has 3 aromatic rings. The number of ether oxygens (including phenoxy) is 3. The monoisotopic (exact) mass is 428 g/mol. The zero-order valence-corrected chi connectivity index (χ0v) is 16.7. The summed E-state index contributed by atoms with van der Waals surface area (Å²) in [5.41, 5.74) is 6.58. The van der Waals surface area contributed by atoms with Gasteiger partial charge in [-0.05, 0) is 35.9 Å². The molecule has 1 saturated heterocycles. The van der Waals surface area contributed by atoms with E-state index >= 15 is 0 Å². The van der Waals surface area contributed by atoms with Crippen molar-refractivity contribution in [3.8, 4) is 17.2 Å². The van der Waals surface area contributed by atoms with Crippen LogP contribution in [0.15, 0.2) is 36.4 Å². The van der Waals surface area contributed by atoms with Crippen LogP contribution in [-0.4, -0.2) is 58.2 Å². The summed E-state index contributed by atoms with van der Waals surface area (Å²) in [4.78, 5) is 14.8. The van der Waals surface area contributed by atoms with Crippen molar-refractivity contribution in [3.63, 3.8) is 0 Å². The average molecular weight is 428 g/mol. The standard InChI is InChI=1S/C20H21FN6O4/c1-29-16-3-2-13(8-17(16)31-15-7-12(10-22)6-14(21)9-15)20(28)27-4-5-30-18(11-27)19-23-25-26-24-19/h2-3,6-9,18H,4-5,10-11,22H2,1H3,(H,23,24,25,26). The third-order valence-electron chi connectivity index (χ3n) is 4.81. The number of benzene rings is 2. The van der Waals surface area contributed by atoms with Crippen LogP contribution in [0.25, 0.3) is 0 Å². The van der Waals surface area contributed by atoms with Crippen molar-refractivity contribution in [1.82, 2.24) is 25.5 Å². The van der Waals surface area contributed by atoms with Crippen LogP contribution >= 0.6 is 0 Å². The van der Waals surface area contributed by atoms with Crippen LogP contribution in [0.2, 0.25) is 0 Å². The van der Waals surface area contributed by atoms with Crippen LogP contribution in [0.1, 0.15) is 27.8 Å². The molecule has 1 unspecified atom stereocenters. The van der Waals surface area contributed by atoms with Gasteiger partial charge in [-0.15, -0.1) is 10.2 Å². The number of aromatic nitrogens is 4. The Hall–Kier alpha value is -3.57. The lowest BCUT2D eigenvalue weighted by atomic mass is 10.1. The van der Waals surface area contributed by atoms with Gasteiger partial charge in [0.25, 0.3) is 5.91 Å². The lowest BCUT2D eigenvalue weighted by Gasteiger charge is -2.31. The molecule has 1 aliphatic heterocycles. The maximum absolute atomic E-state index is 13.8. The van der Waals surface area contributed by atoms with Gasteiger partial charge in [-0.3, -0.25) is 4.79 Å². The molecule has 2 aromatic carbocycles. The molecule has 31 heavy (non-hydrogen) atoms. The molecule has 0 radical (unpaired) electrons. The lowest BCUT2D eigenvalue weighted by Crippen LogP contribution is -2.42. The average Bonchev–Trinajstić information content (AvgIpc) is 3.33. The molecule has 0 saturated carbocycles. The highest BCUT2D eigenvalue weighted by Crippen LogP contribution is 2.34. The predicted octanol–water partition coefficient (Wildman–Crippen LogP) is 1.81. The Kier molecular flexibility index (Phi) is 6.05. The van der Waals surface area contributed by atoms with Crippen molar-refractivity contribution in [3.05, 3.63) is 59.2 Å². The Balaban J connectivity index is 1.56. The second-order valence-corrected chi connectivity index (χ2v) is 6.85. The molecule has 3 N–H and O–H groups in total. The first-order valence-electron chi connectivity index (χ1n) is 9.57. The molecule has 162 valence electrons.